The van der Waals surface area contributed by atoms with E-state index in [-0.39, 0.29) is 11.4 Å². The Kier molecular flexibility index (Phi) is 5.79. The summed E-state index contributed by atoms with van der Waals surface area (Å²) in [4.78, 5) is 13.0. The first-order valence-corrected chi connectivity index (χ1v) is 11.2. The SMILES string of the molecule is Cc1nc(NCCNS(=O)(=O)c2cccc3nsnc23)cc(Nc2ccccn2)n1. The van der Waals surface area contributed by atoms with Gasteiger partial charge in [-0.15, -0.1) is 0 Å². The van der Waals surface area contributed by atoms with Gasteiger partial charge >= 0.3 is 0 Å². The lowest BCUT2D eigenvalue weighted by molar-refractivity contribution is 0.583. The van der Waals surface area contributed by atoms with E-state index in [1.807, 2.05) is 18.2 Å². The van der Waals surface area contributed by atoms with E-state index >= 15 is 0 Å². The summed E-state index contributed by atoms with van der Waals surface area (Å²) >= 11 is 0.983. The Bertz CT molecular complexity index is 1260. The molecule has 0 fully saturated rings. The van der Waals surface area contributed by atoms with Crippen LogP contribution in [0.2, 0.25) is 0 Å². The normalized spacial score (nSPS) is 11.5. The Hall–Kier alpha value is -3.22. The van der Waals surface area contributed by atoms with Crippen molar-refractivity contribution in [3.63, 3.8) is 0 Å². The van der Waals surface area contributed by atoms with Crippen molar-refractivity contribution in [2.45, 2.75) is 11.8 Å². The molecule has 0 aliphatic rings. The van der Waals surface area contributed by atoms with E-state index in [1.54, 1.807) is 31.3 Å². The van der Waals surface area contributed by atoms with E-state index in [0.717, 1.165) is 11.7 Å². The molecule has 0 unspecified atom stereocenters. The Balaban J connectivity index is 1.38. The van der Waals surface area contributed by atoms with Gasteiger partial charge in [0, 0.05) is 25.4 Å². The Morgan fingerprint density at radius 2 is 1.83 bits per heavy atom. The fourth-order valence-electron chi connectivity index (χ4n) is 2.74. The van der Waals surface area contributed by atoms with Crippen molar-refractivity contribution in [3.05, 3.63) is 54.5 Å². The number of hydrogen-bond acceptors (Lipinski definition) is 10. The summed E-state index contributed by atoms with van der Waals surface area (Å²) in [6.45, 7) is 2.28. The molecular weight excluding hydrogens is 424 g/mol. The summed E-state index contributed by atoms with van der Waals surface area (Å²) in [5.41, 5.74) is 0.935. The summed E-state index contributed by atoms with van der Waals surface area (Å²) in [7, 11) is -3.71. The van der Waals surface area contributed by atoms with Gasteiger partial charge in [0.1, 0.15) is 39.2 Å². The summed E-state index contributed by atoms with van der Waals surface area (Å²) < 4.78 is 36.0. The van der Waals surface area contributed by atoms with Crippen LogP contribution in [0, 0.1) is 6.92 Å². The standard InChI is InChI=1S/C18H18N8O2S2/c1-12-22-16(11-17(23-12)24-15-7-2-3-8-19-15)20-9-10-21-30(27,28)14-6-4-5-13-18(14)26-29-25-13/h2-8,11,21H,9-10H2,1H3,(H2,19,20,22,23,24). The van der Waals surface area contributed by atoms with E-state index < -0.39 is 10.0 Å². The number of nitrogens with zero attached hydrogens (tertiary/aromatic N) is 5. The lowest BCUT2D eigenvalue weighted by Crippen LogP contribution is -2.29. The largest absolute Gasteiger partial charge is 0.369 e. The third kappa shape index (κ3) is 4.67. The van der Waals surface area contributed by atoms with Gasteiger partial charge in [0.15, 0.2) is 0 Å². The molecule has 3 heterocycles. The molecule has 30 heavy (non-hydrogen) atoms. The smallest absolute Gasteiger partial charge is 0.242 e. The van der Waals surface area contributed by atoms with E-state index in [1.165, 1.54) is 6.07 Å². The molecule has 12 heteroatoms. The first-order valence-electron chi connectivity index (χ1n) is 9.00. The van der Waals surface area contributed by atoms with Crippen LogP contribution >= 0.6 is 11.7 Å². The zero-order valence-corrected chi connectivity index (χ0v) is 17.5. The van der Waals surface area contributed by atoms with Gasteiger partial charge in [-0.05, 0) is 31.2 Å². The van der Waals surface area contributed by atoms with Gasteiger partial charge in [-0.3, -0.25) is 0 Å². The number of pyridine rings is 1. The molecule has 0 aliphatic carbocycles. The third-order valence-electron chi connectivity index (χ3n) is 4.02. The van der Waals surface area contributed by atoms with Crippen LogP contribution < -0.4 is 15.4 Å². The molecule has 10 nitrogen and oxygen atoms in total. The first kappa shape index (κ1) is 20.1. The first-order chi connectivity index (χ1) is 14.5. The summed E-state index contributed by atoms with van der Waals surface area (Å²) in [5.74, 6) is 2.40. The van der Waals surface area contributed by atoms with Gasteiger partial charge in [-0.1, -0.05) is 12.1 Å². The fourth-order valence-corrected chi connectivity index (χ4v) is 4.54. The highest BCUT2D eigenvalue weighted by Gasteiger charge is 2.18. The van der Waals surface area contributed by atoms with Gasteiger partial charge < -0.3 is 10.6 Å². The summed E-state index contributed by atoms with van der Waals surface area (Å²) in [6, 6.07) is 12.2. The maximum Gasteiger partial charge on any atom is 0.242 e. The van der Waals surface area contributed by atoms with Crippen molar-refractivity contribution >= 4 is 50.2 Å². The second-order valence-electron chi connectivity index (χ2n) is 6.24. The molecule has 0 saturated carbocycles. The summed E-state index contributed by atoms with van der Waals surface area (Å²) in [5, 5.41) is 6.21. The van der Waals surface area contributed by atoms with E-state index in [2.05, 4.69) is 39.1 Å². The topological polar surface area (TPSA) is 135 Å². The molecule has 0 aliphatic heterocycles. The molecule has 0 bridgehead atoms. The van der Waals surface area contributed by atoms with Crippen molar-refractivity contribution in [1.82, 2.24) is 28.4 Å². The number of anilines is 3. The van der Waals surface area contributed by atoms with Crippen molar-refractivity contribution in [1.29, 1.82) is 0 Å². The van der Waals surface area contributed by atoms with Crippen LogP contribution in [0.25, 0.3) is 11.0 Å². The van der Waals surface area contributed by atoms with Gasteiger partial charge in [0.25, 0.3) is 0 Å². The molecule has 154 valence electrons. The van der Waals surface area contributed by atoms with Crippen LogP contribution in [0.3, 0.4) is 0 Å². The minimum absolute atomic E-state index is 0.119. The second-order valence-corrected chi connectivity index (χ2v) is 8.50. The number of aryl methyl sites for hydroxylation is 1. The lowest BCUT2D eigenvalue weighted by Gasteiger charge is -2.11. The van der Waals surface area contributed by atoms with Crippen LogP contribution in [0.15, 0.2) is 53.6 Å². The highest BCUT2D eigenvalue weighted by Crippen LogP contribution is 2.20. The molecule has 0 saturated heterocycles. The monoisotopic (exact) mass is 442 g/mol. The highest BCUT2D eigenvalue weighted by atomic mass is 32.2. The average molecular weight is 443 g/mol. The quantitative estimate of drug-likeness (QED) is 0.351. The molecule has 3 N–H and O–H groups in total. The number of nitrogens with one attached hydrogen (secondary N) is 3. The van der Waals surface area contributed by atoms with Gasteiger partial charge in [-0.25, -0.2) is 28.1 Å². The molecule has 0 atom stereocenters. The maximum absolute atomic E-state index is 12.6. The minimum Gasteiger partial charge on any atom is -0.369 e. The van der Waals surface area contributed by atoms with Crippen LogP contribution in [-0.2, 0) is 10.0 Å². The maximum atomic E-state index is 12.6. The van der Waals surface area contributed by atoms with Crippen molar-refractivity contribution < 1.29 is 8.42 Å². The zero-order chi connectivity index (χ0) is 21.0. The fraction of sp³-hybridized carbons (Fsp3) is 0.167. The number of aromatic nitrogens is 5. The molecule has 3 aromatic heterocycles. The summed E-state index contributed by atoms with van der Waals surface area (Å²) in [6.07, 6.45) is 1.68. The Morgan fingerprint density at radius 1 is 0.967 bits per heavy atom. The Labute approximate surface area is 177 Å². The molecule has 1 aromatic carbocycles. The molecule has 0 amide bonds. The van der Waals surface area contributed by atoms with Gasteiger partial charge in [0.05, 0.1) is 11.7 Å². The van der Waals surface area contributed by atoms with Crippen LogP contribution in [0.5, 0.6) is 0 Å². The van der Waals surface area contributed by atoms with Crippen molar-refractivity contribution in [3.8, 4) is 0 Å². The number of sulfonamides is 1. The van der Waals surface area contributed by atoms with E-state index in [9.17, 15) is 8.42 Å². The third-order valence-corrected chi connectivity index (χ3v) is 6.06. The van der Waals surface area contributed by atoms with Crippen LogP contribution in [-0.4, -0.2) is 45.2 Å². The molecule has 4 rings (SSSR count). The number of hydrogen-bond donors (Lipinski definition) is 3. The predicted molar refractivity (Wildman–Crippen MR) is 115 cm³/mol. The minimum atomic E-state index is -3.71. The number of benzene rings is 1. The van der Waals surface area contributed by atoms with E-state index in [4.69, 9.17) is 0 Å². The second kappa shape index (κ2) is 8.65. The van der Waals surface area contributed by atoms with Crippen molar-refractivity contribution in [2.24, 2.45) is 0 Å². The van der Waals surface area contributed by atoms with Crippen molar-refractivity contribution in [2.75, 3.05) is 23.7 Å². The molecular formula is C18H18N8O2S2. The zero-order valence-electron chi connectivity index (χ0n) is 15.9. The predicted octanol–water partition coefficient (Wildman–Crippen LogP) is 2.32. The molecule has 0 radical (unpaired) electrons. The molecule has 4 aromatic rings. The lowest BCUT2D eigenvalue weighted by atomic mass is 10.3. The van der Waals surface area contributed by atoms with Crippen LogP contribution in [0.1, 0.15) is 5.82 Å². The van der Waals surface area contributed by atoms with Gasteiger partial charge in [0.2, 0.25) is 10.0 Å². The van der Waals surface area contributed by atoms with Crippen LogP contribution in [0.4, 0.5) is 17.5 Å². The molecule has 0 spiro atoms. The van der Waals surface area contributed by atoms with E-state index in [0.29, 0.717) is 40.9 Å². The highest BCUT2D eigenvalue weighted by molar-refractivity contribution is 7.89. The average Bonchev–Trinajstić information content (AvgIpc) is 3.20. The number of fused-ring (bicyclic) bond motifs is 1. The number of rotatable bonds is 8. The van der Waals surface area contributed by atoms with Gasteiger partial charge in [-0.2, -0.15) is 8.75 Å². The Morgan fingerprint density at radius 3 is 2.67 bits per heavy atom.